The molecule has 1 aliphatic rings. The van der Waals surface area contributed by atoms with E-state index in [-0.39, 0.29) is 35.2 Å². The summed E-state index contributed by atoms with van der Waals surface area (Å²) in [4.78, 5) is 29.7. The molecule has 0 radical (unpaired) electrons. The van der Waals surface area contributed by atoms with Crippen LogP contribution in [0, 0.1) is 6.92 Å². The fourth-order valence-electron chi connectivity index (χ4n) is 3.28. The second-order valence-electron chi connectivity index (χ2n) is 9.58. The normalized spacial score (nSPS) is 15.8. The Balaban J connectivity index is 0.000000384. The fourth-order valence-corrected chi connectivity index (χ4v) is 3.92. The summed E-state index contributed by atoms with van der Waals surface area (Å²) in [6.45, 7) is 9.68. The van der Waals surface area contributed by atoms with Crippen LogP contribution in [0.4, 0.5) is 4.79 Å². The topological polar surface area (TPSA) is 147 Å². The minimum absolute atomic E-state index is 0.0211. The molecule has 0 aliphatic carbocycles. The number of halogens is 1. The van der Waals surface area contributed by atoms with Gasteiger partial charge in [-0.2, -0.15) is 8.42 Å². The summed E-state index contributed by atoms with van der Waals surface area (Å²) in [5, 5.41) is 6.28. The number of hydrogen-bond acceptors (Lipinski definition) is 8. The first-order valence-electron chi connectivity index (χ1n) is 11.9. The number of benzene rings is 1. The third-order valence-corrected chi connectivity index (χ3v) is 6.37. The summed E-state index contributed by atoms with van der Waals surface area (Å²) in [5.74, 6) is -0.283. The van der Waals surface area contributed by atoms with Crippen molar-refractivity contribution in [1.29, 1.82) is 0 Å². The van der Waals surface area contributed by atoms with Crippen molar-refractivity contribution < 1.29 is 32.0 Å². The molecular formula is C25H35ClN4O7S. The Kier molecular flexibility index (Phi) is 11.5. The van der Waals surface area contributed by atoms with Crippen molar-refractivity contribution in [3.8, 4) is 0 Å². The van der Waals surface area contributed by atoms with Crippen LogP contribution >= 0.6 is 11.6 Å². The molecule has 0 spiro atoms. The lowest BCUT2D eigenvalue weighted by Gasteiger charge is -2.34. The highest BCUT2D eigenvalue weighted by Gasteiger charge is 2.27. The molecule has 1 fully saturated rings. The van der Waals surface area contributed by atoms with Crippen LogP contribution in [0.2, 0.25) is 5.02 Å². The summed E-state index contributed by atoms with van der Waals surface area (Å²) >= 11 is 6.13. The Morgan fingerprint density at radius 1 is 1.21 bits per heavy atom. The van der Waals surface area contributed by atoms with E-state index in [0.717, 1.165) is 5.56 Å². The number of carbonyl (C=O) groups is 2. The van der Waals surface area contributed by atoms with Crippen LogP contribution in [0.15, 0.2) is 41.3 Å². The summed E-state index contributed by atoms with van der Waals surface area (Å²) < 4.78 is 40.7. The number of amides is 2. The van der Waals surface area contributed by atoms with Crippen LogP contribution in [0.25, 0.3) is 0 Å². The van der Waals surface area contributed by atoms with Crippen molar-refractivity contribution in [3.63, 3.8) is 0 Å². The van der Waals surface area contributed by atoms with E-state index in [1.807, 2.05) is 27.7 Å². The van der Waals surface area contributed by atoms with Crippen molar-refractivity contribution >= 4 is 33.7 Å². The van der Waals surface area contributed by atoms with Gasteiger partial charge in [-0.05, 0) is 52.0 Å². The largest absolute Gasteiger partial charge is 0.444 e. The van der Waals surface area contributed by atoms with Gasteiger partial charge in [0, 0.05) is 32.7 Å². The Morgan fingerprint density at radius 2 is 1.87 bits per heavy atom. The number of pyridine rings is 1. The first-order valence-corrected chi connectivity index (χ1v) is 13.7. The molecule has 11 nitrogen and oxygen atoms in total. The zero-order valence-corrected chi connectivity index (χ0v) is 23.7. The van der Waals surface area contributed by atoms with Gasteiger partial charge in [-0.1, -0.05) is 29.3 Å². The lowest BCUT2D eigenvalue weighted by atomic mass is 10.2. The van der Waals surface area contributed by atoms with Crippen molar-refractivity contribution in [2.45, 2.75) is 50.8 Å². The molecule has 210 valence electrons. The van der Waals surface area contributed by atoms with Gasteiger partial charge in [0.2, 0.25) is 0 Å². The van der Waals surface area contributed by atoms with Crippen LogP contribution in [0.5, 0.6) is 0 Å². The first kappa shape index (κ1) is 31.4. The van der Waals surface area contributed by atoms with Crippen LogP contribution in [0.1, 0.15) is 42.5 Å². The van der Waals surface area contributed by atoms with Gasteiger partial charge in [-0.25, -0.2) is 9.78 Å². The molecule has 0 bridgehead atoms. The molecule has 1 aromatic carbocycles. The Labute approximate surface area is 228 Å². The van der Waals surface area contributed by atoms with E-state index in [1.54, 1.807) is 36.2 Å². The smallest absolute Gasteiger partial charge is 0.410 e. The maximum Gasteiger partial charge on any atom is 0.410 e. The highest BCUT2D eigenvalue weighted by molar-refractivity contribution is 7.85. The van der Waals surface area contributed by atoms with Crippen molar-refractivity contribution in [1.82, 2.24) is 20.5 Å². The van der Waals surface area contributed by atoms with Gasteiger partial charge in [0.1, 0.15) is 11.3 Å². The van der Waals surface area contributed by atoms with Gasteiger partial charge in [0.05, 0.1) is 28.8 Å². The maximum absolute atomic E-state index is 12.2. The number of ether oxygens (including phenoxy) is 2. The number of rotatable bonds is 6. The molecule has 38 heavy (non-hydrogen) atoms. The van der Waals surface area contributed by atoms with Gasteiger partial charge in [0.15, 0.2) is 0 Å². The van der Waals surface area contributed by atoms with E-state index in [9.17, 15) is 18.0 Å². The predicted octanol–water partition coefficient (Wildman–Crippen LogP) is 3.06. The van der Waals surface area contributed by atoms with E-state index >= 15 is 0 Å². The quantitative estimate of drug-likeness (QED) is 0.446. The van der Waals surface area contributed by atoms with Gasteiger partial charge >= 0.3 is 6.09 Å². The number of piperazine rings is 1. The Bertz CT molecular complexity index is 1200. The first-order chi connectivity index (χ1) is 17.7. The molecule has 1 saturated heterocycles. The van der Waals surface area contributed by atoms with E-state index in [1.165, 1.54) is 12.1 Å². The van der Waals surface area contributed by atoms with E-state index in [0.29, 0.717) is 37.0 Å². The number of aromatic nitrogens is 1. The molecular weight excluding hydrogens is 536 g/mol. The molecule has 2 amide bonds. The van der Waals surface area contributed by atoms with Crippen LogP contribution in [-0.2, 0) is 26.2 Å². The van der Waals surface area contributed by atoms with Crippen LogP contribution in [-0.4, -0.2) is 79.8 Å². The Morgan fingerprint density at radius 3 is 2.45 bits per heavy atom. The van der Waals surface area contributed by atoms with Crippen LogP contribution in [0.3, 0.4) is 0 Å². The minimum atomic E-state index is -4.02. The lowest BCUT2D eigenvalue weighted by molar-refractivity contribution is 0.0126. The van der Waals surface area contributed by atoms with Crippen LogP contribution < -0.4 is 10.6 Å². The van der Waals surface area contributed by atoms with Gasteiger partial charge in [-0.3, -0.25) is 9.35 Å². The third kappa shape index (κ3) is 10.5. The molecule has 1 aromatic heterocycles. The summed E-state index contributed by atoms with van der Waals surface area (Å²) in [7, 11) is -2.48. The van der Waals surface area contributed by atoms with Crippen molar-refractivity contribution in [2.75, 3.05) is 33.3 Å². The highest BCUT2D eigenvalue weighted by Crippen LogP contribution is 2.16. The molecule has 3 N–H and O–H groups in total. The fraction of sp³-hybridized carbons (Fsp3) is 0.480. The predicted molar refractivity (Wildman–Crippen MR) is 143 cm³/mol. The molecule has 13 heteroatoms. The molecule has 0 saturated carbocycles. The minimum Gasteiger partial charge on any atom is -0.444 e. The average Bonchev–Trinajstić information content (AvgIpc) is 2.84. The number of carbonyl (C=O) groups excluding carboxylic acids is 2. The van der Waals surface area contributed by atoms with Gasteiger partial charge < -0.3 is 25.0 Å². The summed E-state index contributed by atoms with van der Waals surface area (Å²) in [6, 6.07) is 9.15. The number of nitrogens with zero attached hydrogens (tertiary/aromatic N) is 2. The third-order valence-electron chi connectivity index (χ3n) is 5.16. The monoisotopic (exact) mass is 570 g/mol. The van der Waals surface area contributed by atoms with Crippen molar-refractivity contribution in [2.24, 2.45) is 0 Å². The number of aryl methyl sites for hydroxylation is 1. The number of nitrogens with one attached hydrogen (secondary N) is 2. The second kappa shape index (κ2) is 13.9. The van der Waals surface area contributed by atoms with E-state index in [2.05, 4.69) is 15.6 Å². The summed E-state index contributed by atoms with van der Waals surface area (Å²) in [5.41, 5.74) is 1.22. The van der Waals surface area contributed by atoms with Gasteiger partial charge in [0.25, 0.3) is 16.0 Å². The molecule has 2 heterocycles. The van der Waals surface area contributed by atoms with E-state index < -0.39 is 15.7 Å². The van der Waals surface area contributed by atoms with E-state index in [4.69, 9.17) is 25.6 Å². The maximum atomic E-state index is 12.2. The second-order valence-corrected chi connectivity index (χ2v) is 11.4. The SMILES string of the molecule is CNC(=O)c1ccc(Cl)c(COC[C@H]2CN(C(=O)OC(C)(C)C)CCN2)n1.Cc1ccc(S(=O)(=O)O)cc1. The average molecular weight is 571 g/mol. The van der Waals surface area contributed by atoms with Gasteiger partial charge in [-0.15, -0.1) is 0 Å². The molecule has 1 aliphatic heterocycles. The lowest BCUT2D eigenvalue weighted by Crippen LogP contribution is -2.55. The molecule has 3 rings (SSSR count). The molecule has 2 aromatic rings. The molecule has 1 atom stereocenters. The Hall–Kier alpha value is -2.77. The zero-order chi connectivity index (χ0) is 28.5. The summed E-state index contributed by atoms with van der Waals surface area (Å²) in [6.07, 6.45) is -0.322. The standard InChI is InChI=1S/C18H27ClN4O4.C7H8O3S/c1-18(2,3)27-17(25)23-8-7-21-12(9-23)10-26-11-15-13(19)5-6-14(22-15)16(24)20-4;1-6-2-4-7(5-3-6)11(8,9)10/h5-6,12,21H,7-11H2,1-4H3,(H,20,24);2-5H,1H3,(H,8,9,10)/t12-;/m1./s1. The highest BCUT2D eigenvalue weighted by atomic mass is 35.5. The zero-order valence-electron chi connectivity index (χ0n) is 22.2. The molecule has 0 unspecified atom stereocenters. The number of hydrogen-bond donors (Lipinski definition) is 3. The van der Waals surface area contributed by atoms with Crippen molar-refractivity contribution in [3.05, 3.63) is 58.4 Å².